The molecule has 0 radical (unpaired) electrons. The van der Waals surface area contributed by atoms with Crippen molar-refractivity contribution in [1.29, 1.82) is 0 Å². The van der Waals surface area contributed by atoms with Crippen LogP contribution >= 0.6 is 11.6 Å². The van der Waals surface area contributed by atoms with Crippen LogP contribution in [0.2, 0.25) is 0 Å². The lowest BCUT2D eigenvalue weighted by atomic mass is 10.1. The molecule has 0 aliphatic carbocycles. The van der Waals surface area contributed by atoms with Crippen molar-refractivity contribution in [1.82, 2.24) is 5.32 Å². The Morgan fingerprint density at radius 1 is 1.23 bits per heavy atom. The third kappa shape index (κ3) is 4.81. The Labute approximate surface area is 135 Å². The van der Waals surface area contributed by atoms with Crippen molar-refractivity contribution < 1.29 is 13.9 Å². The number of carbonyl (C=O) groups excluding carboxylic acids is 1. The predicted octanol–water partition coefficient (Wildman–Crippen LogP) is 3.78. The van der Waals surface area contributed by atoms with Crippen molar-refractivity contribution in [3.63, 3.8) is 0 Å². The molecule has 1 N–H and O–H groups in total. The monoisotopic (exact) mass is 321 g/mol. The average molecular weight is 322 g/mol. The normalized spacial score (nSPS) is 10.5. The summed E-state index contributed by atoms with van der Waals surface area (Å²) < 4.78 is 10.8. The Kier molecular flexibility index (Phi) is 6.34. The lowest BCUT2D eigenvalue weighted by Gasteiger charge is -2.06. The van der Waals surface area contributed by atoms with Crippen LogP contribution in [0.1, 0.15) is 35.2 Å². The lowest BCUT2D eigenvalue weighted by Crippen LogP contribution is -2.25. The molecule has 2 rings (SSSR count). The Morgan fingerprint density at radius 2 is 2.00 bits per heavy atom. The molecule has 0 aliphatic rings. The molecular formula is C17H20ClNO3. The third-order valence-corrected chi connectivity index (χ3v) is 3.38. The zero-order chi connectivity index (χ0) is 15.8. The first-order valence-corrected chi connectivity index (χ1v) is 7.91. The third-order valence-electron chi connectivity index (χ3n) is 3.11. The van der Waals surface area contributed by atoms with Crippen LogP contribution in [0.5, 0.6) is 5.75 Å². The van der Waals surface area contributed by atoms with Crippen molar-refractivity contribution >= 4 is 17.5 Å². The van der Waals surface area contributed by atoms with Gasteiger partial charge in [0.15, 0.2) is 5.76 Å². The quantitative estimate of drug-likeness (QED) is 0.753. The van der Waals surface area contributed by atoms with E-state index in [2.05, 4.69) is 12.2 Å². The molecule has 0 saturated heterocycles. The number of nitrogens with one attached hydrogen (secondary N) is 1. The largest absolute Gasteiger partial charge is 0.494 e. The fourth-order valence-corrected chi connectivity index (χ4v) is 2.10. The summed E-state index contributed by atoms with van der Waals surface area (Å²) in [6.07, 6.45) is 1.74. The number of halogens is 1. The van der Waals surface area contributed by atoms with Crippen LogP contribution < -0.4 is 10.1 Å². The molecule has 0 saturated carbocycles. The smallest absolute Gasteiger partial charge is 0.287 e. The van der Waals surface area contributed by atoms with Crippen LogP contribution in [0.15, 0.2) is 40.8 Å². The zero-order valence-corrected chi connectivity index (χ0v) is 13.4. The number of ether oxygens (including phenoxy) is 1. The van der Waals surface area contributed by atoms with Crippen molar-refractivity contribution in [2.24, 2.45) is 0 Å². The molecule has 1 amide bonds. The molecule has 1 aromatic heterocycles. The Morgan fingerprint density at radius 3 is 2.64 bits per heavy atom. The summed E-state index contributed by atoms with van der Waals surface area (Å²) in [7, 11) is 0. The maximum absolute atomic E-state index is 11.9. The highest BCUT2D eigenvalue weighted by atomic mass is 35.5. The number of rotatable bonds is 8. The second-order valence-electron chi connectivity index (χ2n) is 4.90. The Hall–Kier alpha value is -1.94. The maximum Gasteiger partial charge on any atom is 0.287 e. The summed E-state index contributed by atoms with van der Waals surface area (Å²) >= 11 is 5.64. The van der Waals surface area contributed by atoms with Gasteiger partial charge in [0.05, 0.1) is 12.5 Å². The van der Waals surface area contributed by atoms with E-state index in [1.165, 1.54) is 0 Å². The van der Waals surface area contributed by atoms with Crippen LogP contribution in [0.3, 0.4) is 0 Å². The van der Waals surface area contributed by atoms with Gasteiger partial charge in [0, 0.05) is 6.54 Å². The van der Waals surface area contributed by atoms with Crippen molar-refractivity contribution in [2.45, 2.75) is 25.6 Å². The highest BCUT2D eigenvalue weighted by Gasteiger charge is 2.10. The van der Waals surface area contributed by atoms with E-state index in [1.54, 1.807) is 12.1 Å². The molecule has 4 nitrogen and oxygen atoms in total. The van der Waals surface area contributed by atoms with Crippen LogP contribution in [-0.2, 0) is 12.3 Å². The van der Waals surface area contributed by atoms with Gasteiger partial charge >= 0.3 is 0 Å². The van der Waals surface area contributed by atoms with Gasteiger partial charge in [-0.25, -0.2) is 0 Å². The van der Waals surface area contributed by atoms with E-state index in [4.69, 9.17) is 20.8 Å². The molecule has 1 heterocycles. The van der Waals surface area contributed by atoms with E-state index in [9.17, 15) is 4.79 Å². The van der Waals surface area contributed by atoms with Gasteiger partial charge in [-0.05, 0) is 42.7 Å². The van der Waals surface area contributed by atoms with Crippen molar-refractivity contribution in [3.05, 3.63) is 53.5 Å². The van der Waals surface area contributed by atoms with E-state index in [0.29, 0.717) is 18.1 Å². The number of benzene rings is 1. The SMILES string of the molecule is CCCOc1ccc(CCNC(=O)c2ccc(CCl)o2)cc1. The molecule has 0 spiro atoms. The fourth-order valence-electron chi connectivity index (χ4n) is 1.95. The molecule has 1 aromatic carbocycles. The molecule has 5 heteroatoms. The van der Waals surface area contributed by atoms with E-state index in [1.807, 2.05) is 24.3 Å². The minimum atomic E-state index is -0.223. The number of hydrogen-bond acceptors (Lipinski definition) is 3. The standard InChI is InChI=1S/C17H20ClNO3/c1-2-11-21-14-5-3-13(4-6-14)9-10-19-17(20)16-8-7-15(12-18)22-16/h3-8H,2,9-12H2,1H3,(H,19,20). The lowest BCUT2D eigenvalue weighted by molar-refractivity contribution is 0.0925. The first kappa shape index (κ1) is 16.4. The fraction of sp³-hybridized carbons (Fsp3) is 0.353. The Balaban J connectivity index is 1.77. The van der Waals surface area contributed by atoms with Crippen LogP contribution in [0.4, 0.5) is 0 Å². The topological polar surface area (TPSA) is 51.5 Å². The van der Waals surface area contributed by atoms with E-state index in [-0.39, 0.29) is 11.8 Å². The second-order valence-corrected chi connectivity index (χ2v) is 5.17. The summed E-state index contributed by atoms with van der Waals surface area (Å²) in [4.78, 5) is 11.9. The van der Waals surface area contributed by atoms with E-state index in [0.717, 1.165) is 30.8 Å². The number of carbonyl (C=O) groups is 1. The van der Waals surface area contributed by atoms with Gasteiger partial charge in [-0.2, -0.15) is 0 Å². The van der Waals surface area contributed by atoms with E-state index < -0.39 is 0 Å². The van der Waals surface area contributed by atoms with Gasteiger partial charge in [0.1, 0.15) is 11.5 Å². The average Bonchev–Trinajstić information content (AvgIpc) is 3.03. The van der Waals surface area contributed by atoms with Crippen LogP contribution in [0.25, 0.3) is 0 Å². The Bertz CT molecular complexity index is 592. The highest BCUT2D eigenvalue weighted by Crippen LogP contribution is 2.13. The van der Waals surface area contributed by atoms with Gasteiger partial charge in [0.2, 0.25) is 0 Å². The molecular weight excluding hydrogens is 302 g/mol. The summed E-state index contributed by atoms with van der Waals surface area (Å²) in [6, 6.07) is 11.3. The highest BCUT2D eigenvalue weighted by molar-refractivity contribution is 6.16. The maximum atomic E-state index is 11.9. The molecule has 118 valence electrons. The molecule has 22 heavy (non-hydrogen) atoms. The molecule has 0 atom stereocenters. The molecule has 2 aromatic rings. The van der Waals surface area contributed by atoms with Gasteiger partial charge < -0.3 is 14.5 Å². The van der Waals surface area contributed by atoms with Gasteiger partial charge in [-0.3, -0.25) is 4.79 Å². The van der Waals surface area contributed by atoms with Crippen molar-refractivity contribution in [2.75, 3.05) is 13.2 Å². The number of furan rings is 1. The number of hydrogen-bond donors (Lipinski definition) is 1. The summed E-state index contributed by atoms with van der Waals surface area (Å²) in [5.74, 6) is 1.80. The zero-order valence-electron chi connectivity index (χ0n) is 12.6. The predicted molar refractivity (Wildman–Crippen MR) is 86.5 cm³/mol. The van der Waals surface area contributed by atoms with Gasteiger partial charge in [-0.1, -0.05) is 19.1 Å². The molecule has 0 aliphatic heterocycles. The second kappa shape index (κ2) is 8.49. The molecule has 0 unspecified atom stereocenters. The molecule has 0 bridgehead atoms. The van der Waals surface area contributed by atoms with Crippen LogP contribution in [-0.4, -0.2) is 19.1 Å². The first-order valence-electron chi connectivity index (χ1n) is 7.37. The summed E-state index contributed by atoms with van der Waals surface area (Å²) in [5.41, 5.74) is 1.14. The number of amides is 1. The summed E-state index contributed by atoms with van der Waals surface area (Å²) in [5, 5.41) is 2.83. The molecule has 0 fully saturated rings. The minimum absolute atomic E-state index is 0.223. The number of alkyl halides is 1. The van der Waals surface area contributed by atoms with E-state index >= 15 is 0 Å². The minimum Gasteiger partial charge on any atom is -0.494 e. The van der Waals surface area contributed by atoms with Crippen molar-refractivity contribution in [3.8, 4) is 5.75 Å². The van der Waals surface area contributed by atoms with Crippen LogP contribution in [0, 0.1) is 0 Å². The first-order chi connectivity index (χ1) is 10.7. The summed E-state index contributed by atoms with van der Waals surface area (Å²) in [6.45, 7) is 3.35. The van der Waals surface area contributed by atoms with Gasteiger partial charge in [0.25, 0.3) is 5.91 Å². The van der Waals surface area contributed by atoms with Gasteiger partial charge in [-0.15, -0.1) is 11.6 Å².